The summed E-state index contributed by atoms with van der Waals surface area (Å²) < 4.78 is 5.10. The lowest BCUT2D eigenvalue weighted by Gasteiger charge is -2.21. The van der Waals surface area contributed by atoms with Crippen LogP contribution in [0.15, 0.2) is 0 Å². The van der Waals surface area contributed by atoms with E-state index in [0.717, 1.165) is 26.3 Å². The first kappa shape index (κ1) is 11.3. The Bertz CT molecular complexity index is 123. The third kappa shape index (κ3) is 5.52. The van der Waals surface area contributed by atoms with E-state index >= 15 is 0 Å². The van der Waals surface area contributed by atoms with Crippen LogP contribution in [-0.2, 0) is 4.74 Å². The Morgan fingerprint density at radius 3 is 1.92 bits per heavy atom. The van der Waals surface area contributed by atoms with Crippen LogP contribution < -0.4 is 0 Å². The summed E-state index contributed by atoms with van der Waals surface area (Å²) in [6, 6.07) is 0. The van der Waals surface area contributed by atoms with Crippen molar-refractivity contribution in [3.63, 3.8) is 0 Å². The zero-order valence-corrected chi connectivity index (χ0v) is 9.48. The van der Waals surface area contributed by atoms with Crippen LogP contribution in [0, 0.1) is 0 Å². The predicted molar refractivity (Wildman–Crippen MR) is 58.3 cm³/mol. The van der Waals surface area contributed by atoms with E-state index < -0.39 is 0 Å². The Morgan fingerprint density at radius 1 is 1.00 bits per heavy atom. The Morgan fingerprint density at radius 2 is 1.69 bits per heavy atom. The molecule has 3 nitrogen and oxygen atoms in total. The number of rotatable bonds is 0. The van der Waals surface area contributed by atoms with Crippen molar-refractivity contribution < 1.29 is 4.74 Å². The Labute approximate surface area is 85.4 Å². The first-order valence-corrected chi connectivity index (χ1v) is 5.97. The summed E-state index contributed by atoms with van der Waals surface area (Å²) in [4.78, 5) is 4.59. The SMILES string of the molecule is CN1CCOCC1.CN1CCSC1. The molecule has 2 fully saturated rings. The van der Waals surface area contributed by atoms with Crippen LogP contribution in [0.1, 0.15) is 0 Å². The fourth-order valence-corrected chi connectivity index (χ4v) is 2.17. The molecule has 0 bridgehead atoms. The van der Waals surface area contributed by atoms with E-state index in [1.165, 1.54) is 18.2 Å². The number of morpholine rings is 1. The molecule has 78 valence electrons. The Hall–Kier alpha value is 0.230. The molecule has 0 aromatic rings. The van der Waals surface area contributed by atoms with Crippen molar-refractivity contribution in [2.45, 2.75) is 0 Å². The monoisotopic (exact) mass is 204 g/mol. The smallest absolute Gasteiger partial charge is 0.0594 e. The summed E-state index contributed by atoms with van der Waals surface area (Å²) in [6.45, 7) is 5.30. The number of hydrogen-bond acceptors (Lipinski definition) is 4. The lowest BCUT2D eigenvalue weighted by atomic mass is 10.5. The highest BCUT2D eigenvalue weighted by Gasteiger charge is 2.03. The maximum absolute atomic E-state index is 5.10. The lowest BCUT2D eigenvalue weighted by molar-refractivity contribution is 0.0503. The molecule has 2 aliphatic heterocycles. The van der Waals surface area contributed by atoms with Crippen molar-refractivity contribution in [3.8, 4) is 0 Å². The second-order valence-electron chi connectivity index (χ2n) is 3.53. The molecule has 2 rings (SSSR count). The molecule has 0 N–H and O–H groups in total. The number of hydrogen-bond donors (Lipinski definition) is 0. The van der Waals surface area contributed by atoms with Gasteiger partial charge in [-0.2, -0.15) is 0 Å². The van der Waals surface area contributed by atoms with Crippen molar-refractivity contribution in [3.05, 3.63) is 0 Å². The first-order chi connectivity index (χ1) is 6.29. The minimum Gasteiger partial charge on any atom is -0.379 e. The molecule has 0 saturated carbocycles. The van der Waals surface area contributed by atoms with E-state index in [4.69, 9.17) is 4.74 Å². The van der Waals surface area contributed by atoms with Gasteiger partial charge in [0.05, 0.1) is 13.2 Å². The number of likely N-dealkylation sites (N-methyl/N-ethyl adjacent to an activating group) is 1. The molecular weight excluding hydrogens is 184 g/mol. The van der Waals surface area contributed by atoms with Gasteiger partial charge < -0.3 is 9.64 Å². The topological polar surface area (TPSA) is 15.7 Å². The van der Waals surface area contributed by atoms with E-state index in [9.17, 15) is 0 Å². The third-order valence-electron chi connectivity index (χ3n) is 2.16. The van der Waals surface area contributed by atoms with Crippen molar-refractivity contribution in [2.75, 3.05) is 58.6 Å². The molecule has 0 aliphatic carbocycles. The minimum atomic E-state index is 0.913. The number of nitrogens with zero attached hydrogens (tertiary/aromatic N) is 2. The van der Waals surface area contributed by atoms with E-state index in [0.29, 0.717) is 0 Å². The third-order valence-corrected chi connectivity index (χ3v) is 3.26. The fraction of sp³-hybridized carbons (Fsp3) is 1.00. The molecule has 0 radical (unpaired) electrons. The summed E-state index contributed by atoms with van der Waals surface area (Å²) in [5.41, 5.74) is 0. The van der Waals surface area contributed by atoms with Gasteiger partial charge in [-0.25, -0.2) is 0 Å². The average Bonchev–Trinajstić information content (AvgIpc) is 2.58. The molecule has 13 heavy (non-hydrogen) atoms. The summed E-state index contributed by atoms with van der Waals surface area (Å²) in [5, 5.41) is 0. The molecular formula is C9H20N2OS. The van der Waals surface area contributed by atoms with Gasteiger partial charge in [-0.1, -0.05) is 0 Å². The molecule has 0 atom stereocenters. The fourth-order valence-electron chi connectivity index (χ4n) is 1.16. The van der Waals surface area contributed by atoms with Gasteiger partial charge in [0.1, 0.15) is 0 Å². The lowest BCUT2D eigenvalue weighted by Crippen LogP contribution is -2.32. The normalized spacial score (nSPS) is 25.4. The van der Waals surface area contributed by atoms with Crippen LogP contribution in [0.3, 0.4) is 0 Å². The summed E-state index contributed by atoms with van der Waals surface area (Å²) >= 11 is 2.01. The van der Waals surface area contributed by atoms with Crippen LogP contribution in [0.5, 0.6) is 0 Å². The van der Waals surface area contributed by atoms with Crippen LogP contribution in [-0.4, -0.2) is 68.4 Å². The standard InChI is InChI=1S/C5H11NO.C4H9NS/c1-6-2-4-7-5-3-6;1-5-2-3-6-4-5/h2-5H2,1H3;2-4H2,1H3. The number of ether oxygens (including phenoxy) is 1. The predicted octanol–water partition coefficient (Wildman–Crippen LogP) is 0.571. The molecule has 2 heterocycles. The Kier molecular flexibility index (Phi) is 5.78. The number of thioether (sulfide) groups is 1. The van der Waals surface area contributed by atoms with Crippen LogP contribution >= 0.6 is 11.8 Å². The summed E-state index contributed by atoms with van der Waals surface area (Å²) in [5.74, 6) is 2.57. The molecule has 0 aromatic heterocycles. The maximum Gasteiger partial charge on any atom is 0.0594 e. The van der Waals surface area contributed by atoms with Crippen LogP contribution in [0.2, 0.25) is 0 Å². The minimum absolute atomic E-state index is 0.913. The van der Waals surface area contributed by atoms with Gasteiger partial charge in [-0.3, -0.25) is 4.90 Å². The van der Waals surface area contributed by atoms with Crippen molar-refractivity contribution in [2.24, 2.45) is 0 Å². The molecule has 0 aromatic carbocycles. The van der Waals surface area contributed by atoms with E-state index in [1.807, 2.05) is 11.8 Å². The van der Waals surface area contributed by atoms with Gasteiger partial charge in [-0.05, 0) is 14.1 Å². The van der Waals surface area contributed by atoms with E-state index in [1.54, 1.807) is 0 Å². The Balaban J connectivity index is 0.000000132. The highest BCUT2D eigenvalue weighted by Crippen LogP contribution is 2.09. The van der Waals surface area contributed by atoms with Crippen molar-refractivity contribution in [1.29, 1.82) is 0 Å². The van der Waals surface area contributed by atoms with E-state index in [-0.39, 0.29) is 0 Å². The molecule has 0 unspecified atom stereocenters. The zero-order valence-electron chi connectivity index (χ0n) is 8.66. The van der Waals surface area contributed by atoms with Crippen molar-refractivity contribution in [1.82, 2.24) is 9.80 Å². The second kappa shape index (κ2) is 6.65. The summed E-state index contributed by atoms with van der Waals surface area (Å²) in [6.07, 6.45) is 0. The van der Waals surface area contributed by atoms with Crippen molar-refractivity contribution >= 4 is 11.8 Å². The van der Waals surface area contributed by atoms with Gasteiger partial charge >= 0.3 is 0 Å². The average molecular weight is 204 g/mol. The molecule has 0 amide bonds. The highest BCUT2D eigenvalue weighted by atomic mass is 32.2. The largest absolute Gasteiger partial charge is 0.379 e. The maximum atomic E-state index is 5.10. The van der Waals surface area contributed by atoms with Crippen LogP contribution in [0.25, 0.3) is 0 Å². The van der Waals surface area contributed by atoms with Crippen LogP contribution in [0.4, 0.5) is 0 Å². The quantitative estimate of drug-likeness (QED) is 0.573. The molecule has 2 aliphatic rings. The molecule has 2 saturated heterocycles. The van der Waals surface area contributed by atoms with Gasteiger partial charge in [0.2, 0.25) is 0 Å². The second-order valence-corrected chi connectivity index (χ2v) is 4.61. The summed E-state index contributed by atoms with van der Waals surface area (Å²) in [7, 11) is 4.27. The highest BCUT2D eigenvalue weighted by molar-refractivity contribution is 7.99. The van der Waals surface area contributed by atoms with Gasteiger partial charge in [0.15, 0.2) is 0 Å². The van der Waals surface area contributed by atoms with Gasteiger partial charge in [0.25, 0.3) is 0 Å². The molecule has 4 heteroatoms. The van der Waals surface area contributed by atoms with E-state index in [2.05, 4.69) is 23.9 Å². The first-order valence-electron chi connectivity index (χ1n) is 4.81. The zero-order chi connectivity index (χ0) is 9.52. The molecule has 0 spiro atoms. The van der Waals surface area contributed by atoms with Gasteiger partial charge in [-0.15, -0.1) is 11.8 Å². The van der Waals surface area contributed by atoms with Gasteiger partial charge in [0, 0.05) is 31.3 Å².